The fraction of sp³-hybridized carbons (Fsp3) is 0.250. The van der Waals surface area contributed by atoms with E-state index in [1.165, 1.54) is 12.1 Å². The maximum absolute atomic E-state index is 13.2. The number of hydrogen-bond donors (Lipinski definition) is 0. The summed E-state index contributed by atoms with van der Waals surface area (Å²) in [6.07, 6.45) is 0.214. The number of halogens is 2. The molecule has 0 saturated carbocycles. The SMILES string of the molecule is O=[N+]([O-])c1ccc(S(=O)(=O)c2ccc([N+](=O)[O-])cc2CCCl)c(CCCl)c1. The van der Waals surface area contributed by atoms with Gasteiger partial charge < -0.3 is 0 Å². The first-order valence-corrected chi connectivity index (χ1v) is 10.2. The van der Waals surface area contributed by atoms with E-state index >= 15 is 0 Å². The molecule has 0 bridgehead atoms. The summed E-state index contributed by atoms with van der Waals surface area (Å²) in [5.41, 5.74) is -0.0961. The normalized spacial score (nSPS) is 11.3. The lowest BCUT2D eigenvalue weighted by Crippen LogP contribution is -2.10. The highest BCUT2D eigenvalue weighted by Crippen LogP contribution is 2.31. The number of benzene rings is 2. The number of hydrogen-bond acceptors (Lipinski definition) is 6. The van der Waals surface area contributed by atoms with Crippen molar-refractivity contribution in [2.24, 2.45) is 0 Å². The van der Waals surface area contributed by atoms with Crippen LogP contribution in [-0.4, -0.2) is 30.0 Å². The summed E-state index contributed by atoms with van der Waals surface area (Å²) < 4.78 is 26.3. The van der Waals surface area contributed by atoms with Gasteiger partial charge >= 0.3 is 0 Å². The molecule has 27 heavy (non-hydrogen) atoms. The van der Waals surface area contributed by atoms with Gasteiger partial charge in [0.1, 0.15) is 0 Å². The molecule has 2 aromatic rings. The first-order chi connectivity index (χ1) is 12.7. The minimum Gasteiger partial charge on any atom is -0.258 e. The smallest absolute Gasteiger partial charge is 0.258 e. The van der Waals surface area contributed by atoms with E-state index in [1.54, 1.807) is 0 Å². The highest BCUT2D eigenvalue weighted by Gasteiger charge is 2.27. The van der Waals surface area contributed by atoms with E-state index in [4.69, 9.17) is 23.2 Å². The Morgan fingerprint density at radius 1 is 0.778 bits per heavy atom. The largest absolute Gasteiger partial charge is 0.269 e. The number of nitro groups is 2. The summed E-state index contributed by atoms with van der Waals surface area (Å²) in [7, 11) is -4.09. The van der Waals surface area contributed by atoms with Crippen LogP contribution in [0.5, 0.6) is 0 Å². The molecular weight excluding hydrogens is 419 g/mol. The van der Waals surface area contributed by atoms with Gasteiger partial charge in [-0.2, -0.15) is 0 Å². The van der Waals surface area contributed by atoms with Crippen molar-refractivity contribution in [2.75, 3.05) is 11.8 Å². The third-order valence-corrected chi connectivity index (χ3v) is 6.15. The van der Waals surface area contributed by atoms with Gasteiger partial charge in [-0.05, 0) is 36.1 Å². The molecule has 0 fully saturated rings. The van der Waals surface area contributed by atoms with Crippen molar-refractivity contribution < 1.29 is 18.3 Å². The van der Waals surface area contributed by atoms with Crippen LogP contribution in [0.4, 0.5) is 11.4 Å². The van der Waals surface area contributed by atoms with E-state index in [0.717, 1.165) is 24.3 Å². The van der Waals surface area contributed by atoms with Crippen LogP contribution in [0.15, 0.2) is 46.2 Å². The van der Waals surface area contributed by atoms with Gasteiger partial charge in [0, 0.05) is 36.0 Å². The zero-order valence-electron chi connectivity index (χ0n) is 13.8. The first-order valence-electron chi connectivity index (χ1n) is 7.64. The molecular formula is C16H14Cl2N2O6S. The van der Waals surface area contributed by atoms with Gasteiger partial charge in [0.2, 0.25) is 9.84 Å². The third kappa shape index (κ3) is 4.55. The first kappa shape index (κ1) is 21.1. The van der Waals surface area contributed by atoms with Crippen molar-refractivity contribution in [3.05, 3.63) is 67.8 Å². The topological polar surface area (TPSA) is 120 Å². The molecule has 0 heterocycles. The van der Waals surface area contributed by atoms with E-state index in [9.17, 15) is 28.6 Å². The fourth-order valence-electron chi connectivity index (χ4n) is 2.60. The number of alkyl halides is 2. The number of rotatable bonds is 8. The van der Waals surface area contributed by atoms with Gasteiger partial charge in [-0.15, -0.1) is 23.2 Å². The molecule has 2 rings (SSSR count). The molecule has 0 aliphatic heterocycles. The molecule has 0 amide bonds. The molecule has 0 spiro atoms. The second-order valence-corrected chi connectivity index (χ2v) is 8.12. The van der Waals surface area contributed by atoms with E-state index in [-0.39, 0.29) is 56.9 Å². The quantitative estimate of drug-likeness (QED) is 0.354. The molecule has 0 aliphatic rings. The second-order valence-electron chi connectivity index (χ2n) is 5.48. The van der Waals surface area contributed by atoms with Crippen LogP contribution in [0.1, 0.15) is 11.1 Å². The van der Waals surface area contributed by atoms with Crippen molar-refractivity contribution in [1.82, 2.24) is 0 Å². The number of sulfone groups is 1. The molecule has 0 radical (unpaired) electrons. The number of non-ortho nitro benzene ring substituents is 2. The molecule has 8 nitrogen and oxygen atoms in total. The highest BCUT2D eigenvalue weighted by molar-refractivity contribution is 7.91. The van der Waals surface area contributed by atoms with Crippen LogP contribution in [0.3, 0.4) is 0 Å². The van der Waals surface area contributed by atoms with E-state index in [1.807, 2.05) is 0 Å². The van der Waals surface area contributed by atoms with Crippen LogP contribution in [0.25, 0.3) is 0 Å². The van der Waals surface area contributed by atoms with Gasteiger partial charge in [0.05, 0.1) is 19.6 Å². The zero-order valence-corrected chi connectivity index (χ0v) is 16.1. The molecule has 0 N–H and O–H groups in total. The number of nitrogens with zero attached hydrogens (tertiary/aromatic N) is 2. The van der Waals surface area contributed by atoms with Gasteiger partial charge in [-0.3, -0.25) is 20.2 Å². The highest BCUT2D eigenvalue weighted by atomic mass is 35.5. The van der Waals surface area contributed by atoms with Gasteiger partial charge in [0.15, 0.2) is 0 Å². The molecule has 0 aromatic heterocycles. The summed E-state index contributed by atoms with van der Waals surface area (Å²) in [4.78, 5) is 20.4. The molecule has 0 atom stereocenters. The summed E-state index contributed by atoms with van der Waals surface area (Å²) in [6.45, 7) is 0. The summed E-state index contributed by atoms with van der Waals surface area (Å²) in [5.74, 6) is 0.136. The standard InChI is InChI=1S/C16H14Cl2N2O6S/c17-7-5-11-9-13(19(21)22)1-3-15(11)27(25,26)16-4-2-14(20(23)24)10-12(16)6-8-18/h1-4,9-10H,5-8H2. The van der Waals surface area contributed by atoms with Crippen LogP contribution in [0, 0.1) is 20.2 Å². The minimum atomic E-state index is -4.09. The van der Waals surface area contributed by atoms with E-state index in [2.05, 4.69) is 0 Å². The Hall–Kier alpha value is -2.23. The van der Waals surface area contributed by atoms with Crippen LogP contribution in [-0.2, 0) is 22.7 Å². The maximum Gasteiger partial charge on any atom is 0.269 e. The molecule has 0 unspecified atom stereocenters. The Labute approximate surface area is 164 Å². The lowest BCUT2D eigenvalue weighted by Gasteiger charge is -2.13. The fourth-order valence-corrected chi connectivity index (χ4v) is 4.75. The average Bonchev–Trinajstić information content (AvgIpc) is 2.61. The average molecular weight is 433 g/mol. The van der Waals surface area contributed by atoms with Crippen molar-refractivity contribution in [3.63, 3.8) is 0 Å². The molecule has 2 aromatic carbocycles. The third-order valence-electron chi connectivity index (χ3n) is 3.82. The van der Waals surface area contributed by atoms with Crippen molar-refractivity contribution in [1.29, 1.82) is 0 Å². The van der Waals surface area contributed by atoms with Crippen molar-refractivity contribution >= 4 is 44.4 Å². The lowest BCUT2D eigenvalue weighted by molar-refractivity contribution is -0.385. The maximum atomic E-state index is 13.2. The predicted octanol–water partition coefficient (Wildman–Crippen LogP) is 3.90. The second kappa shape index (κ2) is 8.64. The predicted molar refractivity (Wildman–Crippen MR) is 100 cm³/mol. The Balaban J connectivity index is 2.68. The number of nitro benzene ring substituents is 2. The Kier molecular flexibility index (Phi) is 6.74. The lowest BCUT2D eigenvalue weighted by atomic mass is 10.1. The van der Waals surface area contributed by atoms with Gasteiger partial charge in [-0.25, -0.2) is 8.42 Å². The summed E-state index contributed by atoms with van der Waals surface area (Å²) >= 11 is 11.4. The van der Waals surface area contributed by atoms with Gasteiger partial charge in [0.25, 0.3) is 11.4 Å². The summed E-state index contributed by atoms with van der Waals surface area (Å²) in [5, 5.41) is 21.9. The molecule has 144 valence electrons. The van der Waals surface area contributed by atoms with Crippen molar-refractivity contribution in [2.45, 2.75) is 22.6 Å². The van der Waals surface area contributed by atoms with Gasteiger partial charge in [-0.1, -0.05) is 0 Å². The Bertz CT molecular complexity index is 921. The monoisotopic (exact) mass is 432 g/mol. The Morgan fingerprint density at radius 2 is 1.15 bits per heavy atom. The van der Waals surface area contributed by atoms with Crippen molar-refractivity contribution in [3.8, 4) is 0 Å². The molecule has 11 heteroatoms. The molecule has 0 saturated heterocycles. The minimum absolute atomic E-state index is 0.0679. The Morgan fingerprint density at radius 3 is 1.44 bits per heavy atom. The van der Waals surface area contributed by atoms with E-state index < -0.39 is 19.7 Å². The number of aryl methyl sites for hydroxylation is 2. The molecule has 0 aliphatic carbocycles. The zero-order chi connectivity index (χ0) is 20.2. The van der Waals surface area contributed by atoms with Crippen LogP contribution in [0.2, 0.25) is 0 Å². The van der Waals surface area contributed by atoms with Crippen LogP contribution < -0.4 is 0 Å². The van der Waals surface area contributed by atoms with E-state index in [0.29, 0.717) is 0 Å². The summed E-state index contributed by atoms with van der Waals surface area (Å²) in [6, 6.07) is 6.83. The van der Waals surface area contributed by atoms with Crippen LogP contribution >= 0.6 is 23.2 Å².